The van der Waals surface area contributed by atoms with E-state index in [9.17, 15) is 5.26 Å². The van der Waals surface area contributed by atoms with Gasteiger partial charge in [-0.1, -0.05) is 30.3 Å². The second-order valence-electron chi connectivity index (χ2n) is 8.72. The van der Waals surface area contributed by atoms with Crippen LogP contribution in [0.2, 0.25) is 0 Å². The fraction of sp³-hybridized carbons (Fsp3) is 0.154. The van der Waals surface area contributed by atoms with Gasteiger partial charge < -0.3 is 0 Å². The van der Waals surface area contributed by atoms with E-state index in [1.807, 2.05) is 61.0 Å². The van der Waals surface area contributed by atoms with Gasteiger partial charge in [-0.25, -0.2) is 0 Å². The highest BCUT2D eigenvalue weighted by molar-refractivity contribution is 5.88. The van der Waals surface area contributed by atoms with Crippen molar-refractivity contribution >= 4 is 22.9 Å². The fourth-order valence-electron chi connectivity index (χ4n) is 4.17. The van der Waals surface area contributed by atoms with Crippen LogP contribution in [-0.4, -0.2) is 30.8 Å². The SMILES string of the molecule is CC(C)(C#N)c1ccc(-c2nnc3cnc4ccc(-c5cnc6c(c5)C=NC6)cc4n23)cc1. The van der Waals surface area contributed by atoms with Crippen LogP contribution in [0.4, 0.5) is 0 Å². The zero-order valence-electron chi connectivity index (χ0n) is 18.2. The first kappa shape index (κ1) is 19.3. The maximum atomic E-state index is 9.44. The minimum Gasteiger partial charge on any atom is -0.286 e. The van der Waals surface area contributed by atoms with Crippen molar-refractivity contribution < 1.29 is 0 Å². The van der Waals surface area contributed by atoms with E-state index in [1.54, 1.807) is 6.20 Å². The lowest BCUT2D eigenvalue weighted by molar-refractivity contribution is 0.687. The van der Waals surface area contributed by atoms with Crippen molar-refractivity contribution in [3.63, 3.8) is 0 Å². The molecule has 5 aromatic rings. The summed E-state index contributed by atoms with van der Waals surface area (Å²) in [6, 6.07) is 18.6. The molecule has 0 unspecified atom stereocenters. The third-order valence-corrected chi connectivity index (χ3v) is 6.18. The number of hydrogen-bond donors (Lipinski definition) is 0. The fourth-order valence-corrected chi connectivity index (χ4v) is 4.17. The average molecular weight is 429 g/mol. The Kier molecular flexibility index (Phi) is 4.11. The van der Waals surface area contributed by atoms with E-state index >= 15 is 0 Å². The Morgan fingerprint density at radius 2 is 1.73 bits per heavy atom. The van der Waals surface area contributed by atoms with Crippen LogP contribution in [0.1, 0.15) is 30.7 Å². The van der Waals surface area contributed by atoms with Gasteiger partial charge in [0.15, 0.2) is 11.5 Å². The van der Waals surface area contributed by atoms with Gasteiger partial charge in [-0.3, -0.25) is 19.4 Å². The third-order valence-electron chi connectivity index (χ3n) is 6.18. The summed E-state index contributed by atoms with van der Waals surface area (Å²) in [5.41, 5.74) is 7.92. The molecule has 0 aliphatic carbocycles. The molecular weight excluding hydrogens is 410 g/mol. The van der Waals surface area contributed by atoms with Crippen molar-refractivity contribution in [1.82, 2.24) is 24.6 Å². The van der Waals surface area contributed by atoms with Crippen molar-refractivity contribution in [3.8, 4) is 28.6 Å². The van der Waals surface area contributed by atoms with Crippen molar-refractivity contribution in [1.29, 1.82) is 5.26 Å². The Hall–Kier alpha value is -4.44. The average Bonchev–Trinajstić information content (AvgIpc) is 3.50. The standard InChI is InChI=1S/C26H19N7/c1-26(2,15-27)20-6-3-16(4-7-20)25-32-31-24-14-30-21-8-5-17(10-23(21)33(24)25)18-9-19-11-28-13-22(19)29-12-18/h3-12,14H,13H2,1-2H3. The highest BCUT2D eigenvalue weighted by Crippen LogP contribution is 2.30. The van der Waals surface area contributed by atoms with E-state index in [1.165, 1.54) is 0 Å². The van der Waals surface area contributed by atoms with Gasteiger partial charge in [0.05, 0.1) is 41.0 Å². The van der Waals surface area contributed by atoms with Crippen LogP contribution < -0.4 is 0 Å². The molecule has 158 valence electrons. The number of fused-ring (bicyclic) bond motifs is 4. The molecule has 0 fully saturated rings. The first-order valence-corrected chi connectivity index (χ1v) is 10.7. The summed E-state index contributed by atoms with van der Waals surface area (Å²) in [7, 11) is 0. The Morgan fingerprint density at radius 3 is 2.55 bits per heavy atom. The van der Waals surface area contributed by atoms with Crippen molar-refractivity contribution in [3.05, 3.63) is 77.7 Å². The van der Waals surface area contributed by atoms with E-state index in [0.717, 1.165) is 50.4 Å². The van der Waals surface area contributed by atoms with Gasteiger partial charge in [0.1, 0.15) is 0 Å². The Balaban J connectivity index is 1.51. The predicted molar refractivity (Wildman–Crippen MR) is 127 cm³/mol. The van der Waals surface area contributed by atoms with Crippen LogP contribution in [0.25, 0.3) is 39.2 Å². The summed E-state index contributed by atoms with van der Waals surface area (Å²) in [6.45, 7) is 4.47. The summed E-state index contributed by atoms with van der Waals surface area (Å²) in [5.74, 6) is 0.732. The molecule has 0 saturated carbocycles. The summed E-state index contributed by atoms with van der Waals surface area (Å²) >= 11 is 0. The maximum Gasteiger partial charge on any atom is 0.180 e. The van der Waals surface area contributed by atoms with Gasteiger partial charge in [-0.05, 0) is 43.2 Å². The summed E-state index contributed by atoms with van der Waals surface area (Å²) in [6.07, 6.45) is 5.51. The quantitative estimate of drug-likeness (QED) is 0.413. The van der Waals surface area contributed by atoms with Crippen LogP contribution in [0, 0.1) is 11.3 Å². The van der Waals surface area contributed by atoms with Crippen LogP contribution in [-0.2, 0) is 12.0 Å². The molecule has 0 bridgehead atoms. The van der Waals surface area contributed by atoms with Gasteiger partial charge in [0, 0.05) is 29.1 Å². The number of nitriles is 1. The molecule has 1 aliphatic heterocycles. The highest BCUT2D eigenvalue weighted by Gasteiger charge is 2.20. The van der Waals surface area contributed by atoms with E-state index in [4.69, 9.17) is 0 Å². The van der Waals surface area contributed by atoms with Crippen molar-refractivity contribution in [2.75, 3.05) is 0 Å². The summed E-state index contributed by atoms with van der Waals surface area (Å²) in [4.78, 5) is 13.4. The summed E-state index contributed by atoms with van der Waals surface area (Å²) < 4.78 is 2.03. The minimum atomic E-state index is -0.550. The molecule has 6 rings (SSSR count). The number of pyridine rings is 1. The van der Waals surface area contributed by atoms with Gasteiger partial charge in [-0.2, -0.15) is 5.26 Å². The molecule has 0 spiro atoms. The van der Waals surface area contributed by atoms with E-state index in [0.29, 0.717) is 12.2 Å². The topological polar surface area (TPSA) is 92.1 Å². The van der Waals surface area contributed by atoms with Gasteiger partial charge in [0.25, 0.3) is 0 Å². The lowest BCUT2D eigenvalue weighted by atomic mass is 9.86. The van der Waals surface area contributed by atoms with Gasteiger partial charge in [0.2, 0.25) is 0 Å². The van der Waals surface area contributed by atoms with Crippen LogP contribution >= 0.6 is 0 Å². The van der Waals surface area contributed by atoms with Crippen LogP contribution in [0.5, 0.6) is 0 Å². The molecule has 3 aromatic heterocycles. The van der Waals surface area contributed by atoms with E-state index < -0.39 is 5.41 Å². The Bertz CT molecular complexity index is 1620. The number of benzene rings is 2. The number of hydrogen-bond acceptors (Lipinski definition) is 6. The second-order valence-corrected chi connectivity index (χ2v) is 8.72. The number of aliphatic imine (C=N–C) groups is 1. The zero-order chi connectivity index (χ0) is 22.6. The first-order valence-electron chi connectivity index (χ1n) is 10.7. The molecule has 0 radical (unpaired) electrons. The number of rotatable bonds is 3. The molecule has 0 amide bonds. The lowest BCUT2D eigenvalue weighted by Crippen LogP contribution is -2.13. The van der Waals surface area contributed by atoms with Crippen molar-refractivity contribution in [2.45, 2.75) is 25.8 Å². The molecule has 0 N–H and O–H groups in total. The minimum absolute atomic E-state index is 0.550. The normalized spacial score (nSPS) is 12.9. The molecule has 2 aromatic carbocycles. The van der Waals surface area contributed by atoms with E-state index in [2.05, 4.69) is 49.4 Å². The largest absolute Gasteiger partial charge is 0.286 e. The van der Waals surface area contributed by atoms with Crippen LogP contribution in [0.3, 0.4) is 0 Å². The van der Waals surface area contributed by atoms with E-state index in [-0.39, 0.29) is 0 Å². The molecule has 33 heavy (non-hydrogen) atoms. The smallest absolute Gasteiger partial charge is 0.180 e. The molecule has 0 saturated heterocycles. The van der Waals surface area contributed by atoms with Crippen LogP contribution in [0.15, 0.2) is 65.9 Å². The van der Waals surface area contributed by atoms with Crippen molar-refractivity contribution in [2.24, 2.45) is 4.99 Å². The second kappa shape index (κ2) is 7.04. The molecule has 0 atom stereocenters. The first-order chi connectivity index (χ1) is 16.0. The molecular formula is C26H19N7. The monoisotopic (exact) mass is 429 g/mol. The molecule has 7 heteroatoms. The Morgan fingerprint density at radius 1 is 0.909 bits per heavy atom. The Labute approximate surface area is 190 Å². The predicted octanol–water partition coefficient (Wildman–Crippen LogP) is 4.74. The summed E-state index contributed by atoms with van der Waals surface area (Å²) in [5, 5.41) is 18.2. The number of nitrogens with zero attached hydrogens (tertiary/aromatic N) is 7. The lowest BCUT2D eigenvalue weighted by Gasteiger charge is -2.15. The molecule has 7 nitrogen and oxygen atoms in total. The maximum absolute atomic E-state index is 9.44. The molecule has 4 heterocycles. The zero-order valence-corrected chi connectivity index (χ0v) is 18.2. The van der Waals surface area contributed by atoms with Gasteiger partial charge in [-0.15, -0.1) is 10.2 Å². The highest BCUT2D eigenvalue weighted by atomic mass is 15.3. The van der Waals surface area contributed by atoms with Gasteiger partial charge >= 0.3 is 0 Å². The molecule has 1 aliphatic rings. The third kappa shape index (κ3) is 3.07. The number of aromatic nitrogens is 5.